The van der Waals surface area contributed by atoms with E-state index in [1.807, 2.05) is 0 Å². The van der Waals surface area contributed by atoms with Gasteiger partial charge in [-0.1, -0.05) is 0 Å². The fraction of sp³-hybridized carbons (Fsp3) is 0.800. The summed E-state index contributed by atoms with van der Waals surface area (Å²) < 4.78 is 0.999. The van der Waals surface area contributed by atoms with Crippen molar-refractivity contribution in [3.63, 3.8) is 0 Å². The van der Waals surface area contributed by atoms with Gasteiger partial charge in [-0.15, -0.1) is 0 Å². The summed E-state index contributed by atoms with van der Waals surface area (Å²) in [6, 6.07) is 0. The van der Waals surface area contributed by atoms with Crippen molar-refractivity contribution in [1.82, 2.24) is 0 Å². The molecule has 0 rings (SSSR count). The minimum absolute atomic E-state index is 0.104. The van der Waals surface area contributed by atoms with E-state index in [-0.39, 0.29) is 15.0 Å². The zero-order chi connectivity index (χ0) is 4.99. The standard InChI is InChI=1S/C5H12Ge/c1-4-6-5(2)3/h4-6H,1-3H3. The van der Waals surface area contributed by atoms with E-state index in [0.29, 0.717) is 0 Å². The van der Waals surface area contributed by atoms with Crippen LogP contribution >= 0.6 is 0 Å². The molecule has 6 heavy (non-hydrogen) atoms. The quantitative estimate of drug-likeness (QED) is 0.484. The maximum atomic E-state index is 2.36. The minimum atomic E-state index is 0.104. The summed E-state index contributed by atoms with van der Waals surface area (Å²) in [5.41, 5.74) is 0. The first-order valence-corrected chi connectivity index (χ1v) is 5.20. The normalized spacial score (nSPS) is 11.3. The van der Waals surface area contributed by atoms with E-state index in [9.17, 15) is 0 Å². The van der Waals surface area contributed by atoms with Crippen molar-refractivity contribution in [2.45, 2.75) is 25.5 Å². The molecule has 0 aliphatic rings. The zero-order valence-corrected chi connectivity index (χ0v) is 7.15. The van der Waals surface area contributed by atoms with E-state index in [1.54, 1.807) is 0 Å². The molecule has 0 saturated carbocycles. The van der Waals surface area contributed by atoms with Crippen molar-refractivity contribution < 1.29 is 0 Å². The van der Waals surface area contributed by atoms with Crippen LogP contribution in [0.3, 0.4) is 0 Å². The summed E-state index contributed by atoms with van der Waals surface area (Å²) in [4.78, 5) is 2.36. The summed E-state index contributed by atoms with van der Waals surface area (Å²) in [6.07, 6.45) is 0. The molecule has 0 bridgehead atoms. The Morgan fingerprint density at radius 1 is 1.50 bits per heavy atom. The van der Waals surface area contributed by atoms with E-state index in [0.717, 1.165) is 4.75 Å². The van der Waals surface area contributed by atoms with Crippen molar-refractivity contribution >= 4 is 19.8 Å². The van der Waals surface area contributed by atoms with Gasteiger partial charge in [0.2, 0.25) is 0 Å². The first kappa shape index (κ1) is 6.41. The predicted molar refractivity (Wildman–Crippen MR) is 34.0 cm³/mol. The van der Waals surface area contributed by atoms with Crippen molar-refractivity contribution in [2.75, 3.05) is 0 Å². The molecule has 0 nitrogen and oxygen atoms in total. The van der Waals surface area contributed by atoms with Gasteiger partial charge >= 0.3 is 45.4 Å². The molecule has 0 atom stereocenters. The zero-order valence-electron chi connectivity index (χ0n) is 4.73. The summed E-state index contributed by atoms with van der Waals surface area (Å²) >= 11 is 0.104. The average molecular weight is 145 g/mol. The Labute approximate surface area is 46.0 Å². The monoisotopic (exact) mass is 146 g/mol. The van der Waals surface area contributed by atoms with Crippen LogP contribution in [0.1, 0.15) is 20.8 Å². The van der Waals surface area contributed by atoms with E-state index in [4.69, 9.17) is 0 Å². The van der Waals surface area contributed by atoms with Gasteiger partial charge in [0.25, 0.3) is 0 Å². The Balaban J connectivity index is 3.03. The van der Waals surface area contributed by atoms with Crippen LogP contribution in [0.15, 0.2) is 0 Å². The van der Waals surface area contributed by atoms with Crippen LogP contribution in [0.4, 0.5) is 0 Å². The molecule has 0 aliphatic carbocycles. The van der Waals surface area contributed by atoms with Crippen LogP contribution < -0.4 is 0 Å². The molecular formula is C5H12Ge. The molecule has 0 radical (unpaired) electrons. The van der Waals surface area contributed by atoms with Gasteiger partial charge in [0.05, 0.1) is 0 Å². The Hall–Kier alpha value is 0.413. The van der Waals surface area contributed by atoms with Gasteiger partial charge in [0.15, 0.2) is 0 Å². The second-order valence-corrected chi connectivity index (χ2v) is 6.77. The molecule has 0 spiro atoms. The summed E-state index contributed by atoms with van der Waals surface area (Å²) in [5.74, 6) is 0. The van der Waals surface area contributed by atoms with Crippen LogP contribution in [-0.2, 0) is 0 Å². The van der Waals surface area contributed by atoms with Crippen molar-refractivity contribution in [3.8, 4) is 0 Å². The van der Waals surface area contributed by atoms with E-state index in [1.165, 1.54) is 0 Å². The molecule has 0 unspecified atom stereocenters. The number of hydrogen-bond acceptors (Lipinski definition) is 0. The third-order valence-electron chi connectivity index (χ3n) is 0.577. The van der Waals surface area contributed by atoms with Gasteiger partial charge in [-0.2, -0.15) is 0 Å². The molecule has 0 aromatic carbocycles. The third kappa shape index (κ3) is 4.41. The second kappa shape index (κ2) is 3.60. The molecular weight excluding hydrogens is 133 g/mol. The van der Waals surface area contributed by atoms with Crippen molar-refractivity contribution in [2.24, 2.45) is 0 Å². The van der Waals surface area contributed by atoms with Gasteiger partial charge in [-0.25, -0.2) is 0 Å². The fourth-order valence-corrected chi connectivity index (χ4v) is 2.00. The van der Waals surface area contributed by atoms with Crippen molar-refractivity contribution in [1.29, 1.82) is 0 Å². The molecule has 0 fully saturated rings. The number of hydrogen-bond donors (Lipinski definition) is 0. The van der Waals surface area contributed by atoms with Crippen LogP contribution in [0, 0.1) is 0 Å². The topological polar surface area (TPSA) is 0 Å². The Morgan fingerprint density at radius 3 is 2.00 bits per heavy atom. The summed E-state index contributed by atoms with van der Waals surface area (Å²) in [6.45, 7) is 6.75. The van der Waals surface area contributed by atoms with Crippen LogP contribution in [-0.4, -0.2) is 19.8 Å². The fourth-order valence-electron chi connectivity index (χ4n) is 0.385. The molecule has 0 aromatic heterocycles. The van der Waals surface area contributed by atoms with Crippen LogP contribution in [0.5, 0.6) is 0 Å². The van der Waals surface area contributed by atoms with E-state index >= 15 is 0 Å². The molecule has 0 N–H and O–H groups in total. The second-order valence-electron chi connectivity index (χ2n) is 1.77. The molecule has 36 valence electrons. The van der Waals surface area contributed by atoms with Gasteiger partial charge in [-0.05, 0) is 0 Å². The van der Waals surface area contributed by atoms with E-state index < -0.39 is 0 Å². The molecule has 0 aromatic rings. The van der Waals surface area contributed by atoms with Crippen LogP contribution in [0.25, 0.3) is 0 Å². The SMILES string of the molecule is C[CH]=[GeH][CH](C)C. The van der Waals surface area contributed by atoms with E-state index in [2.05, 4.69) is 25.6 Å². The molecule has 0 heterocycles. The van der Waals surface area contributed by atoms with Crippen molar-refractivity contribution in [3.05, 3.63) is 0 Å². The Kier molecular flexibility index (Phi) is 3.85. The summed E-state index contributed by atoms with van der Waals surface area (Å²) in [5, 5.41) is 0. The van der Waals surface area contributed by atoms with Gasteiger partial charge in [0.1, 0.15) is 0 Å². The van der Waals surface area contributed by atoms with Gasteiger partial charge in [-0.3, -0.25) is 0 Å². The Morgan fingerprint density at radius 2 is 2.00 bits per heavy atom. The Bertz CT molecular complexity index is 45.9. The first-order chi connectivity index (χ1) is 2.77. The predicted octanol–water partition coefficient (Wildman–Crippen LogP) is 1.07. The molecule has 0 aliphatic heterocycles. The van der Waals surface area contributed by atoms with Crippen LogP contribution in [0.2, 0.25) is 4.75 Å². The third-order valence-corrected chi connectivity index (χ3v) is 3.00. The first-order valence-electron chi connectivity index (χ1n) is 2.40. The maximum absolute atomic E-state index is 2.36. The number of rotatable bonds is 1. The molecule has 0 amide bonds. The molecule has 0 saturated heterocycles. The van der Waals surface area contributed by atoms with Gasteiger partial charge in [0, 0.05) is 0 Å². The average Bonchev–Trinajstić information content (AvgIpc) is 1.35. The van der Waals surface area contributed by atoms with Gasteiger partial charge < -0.3 is 0 Å². The molecule has 1 heteroatoms. The summed E-state index contributed by atoms with van der Waals surface area (Å²) in [7, 11) is 0.